The molecular formula is C15H13Cl2NO. The molecule has 0 saturated heterocycles. The summed E-state index contributed by atoms with van der Waals surface area (Å²) in [5.74, 6) is -0.112. The minimum Gasteiger partial charge on any atom is -0.396 e. The van der Waals surface area contributed by atoms with Crippen molar-refractivity contribution in [2.45, 2.75) is 13.3 Å². The van der Waals surface area contributed by atoms with E-state index in [2.05, 4.69) is 0 Å². The molecule has 2 N–H and O–H groups in total. The lowest BCUT2D eigenvalue weighted by atomic mass is 10.0. The molecule has 2 aromatic carbocycles. The van der Waals surface area contributed by atoms with Crippen LogP contribution in [0.25, 0.3) is 0 Å². The second-order valence-corrected chi connectivity index (χ2v) is 5.05. The van der Waals surface area contributed by atoms with Gasteiger partial charge >= 0.3 is 0 Å². The van der Waals surface area contributed by atoms with Gasteiger partial charge in [0.2, 0.25) is 0 Å². The number of rotatable bonds is 3. The molecule has 0 atom stereocenters. The van der Waals surface area contributed by atoms with Gasteiger partial charge in [-0.1, -0.05) is 48.3 Å². The van der Waals surface area contributed by atoms with Gasteiger partial charge in [0.15, 0.2) is 5.78 Å². The summed E-state index contributed by atoms with van der Waals surface area (Å²) in [6.45, 7) is 2.04. The SMILES string of the molecule is CCc1cccc(C(=O)c2cc(Cl)c(N)c(Cl)c2)c1. The van der Waals surface area contributed by atoms with E-state index < -0.39 is 0 Å². The van der Waals surface area contributed by atoms with Crippen LogP contribution in [0.4, 0.5) is 5.69 Å². The predicted molar refractivity (Wildman–Crippen MR) is 80.1 cm³/mol. The summed E-state index contributed by atoms with van der Waals surface area (Å²) in [6, 6.07) is 10.6. The second-order valence-electron chi connectivity index (χ2n) is 4.24. The van der Waals surface area contributed by atoms with Gasteiger partial charge < -0.3 is 5.73 Å². The zero-order valence-corrected chi connectivity index (χ0v) is 11.9. The van der Waals surface area contributed by atoms with Gasteiger partial charge in [-0.25, -0.2) is 0 Å². The normalized spacial score (nSPS) is 10.5. The molecule has 0 aliphatic rings. The van der Waals surface area contributed by atoms with E-state index in [1.165, 1.54) is 0 Å². The van der Waals surface area contributed by atoms with Gasteiger partial charge in [0.05, 0.1) is 15.7 Å². The quantitative estimate of drug-likeness (QED) is 0.674. The molecule has 0 aliphatic heterocycles. The third-order valence-electron chi connectivity index (χ3n) is 2.94. The summed E-state index contributed by atoms with van der Waals surface area (Å²) in [6.07, 6.45) is 0.879. The minimum atomic E-state index is -0.112. The molecule has 0 saturated carbocycles. The van der Waals surface area contributed by atoms with E-state index in [4.69, 9.17) is 28.9 Å². The van der Waals surface area contributed by atoms with Crippen LogP contribution in [-0.4, -0.2) is 5.78 Å². The smallest absolute Gasteiger partial charge is 0.193 e. The highest BCUT2D eigenvalue weighted by Gasteiger charge is 2.13. The maximum Gasteiger partial charge on any atom is 0.193 e. The first-order valence-corrected chi connectivity index (χ1v) is 6.66. The Morgan fingerprint density at radius 2 is 1.74 bits per heavy atom. The molecule has 0 amide bonds. The first-order chi connectivity index (χ1) is 9.02. The van der Waals surface area contributed by atoms with Crippen LogP contribution in [0.15, 0.2) is 36.4 Å². The Morgan fingerprint density at radius 1 is 1.11 bits per heavy atom. The largest absolute Gasteiger partial charge is 0.396 e. The zero-order valence-electron chi connectivity index (χ0n) is 10.4. The van der Waals surface area contributed by atoms with E-state index in [9.17, 15) is 4.79 Å². The highest BCUT2D eigenvalue weighted by molar-refractivity contribution is 6.39. The topological polar surface area (TPSA) is 43.1 Å². The fourth-order valence-corrected chi connectivity index (χ4v) is 2.30. The molecule has 0 spiro atoms. The highest BCUT2D eigenvalue weighted by Crippen LogP contribution is 2.29. The fraction of sp³-hybridized carbons (Fsp3) is 0.133. The Morgan fingerprint density at radius 3 is 2.32 bits per heavy atom. The molecule has 2 aromatic rings. The average Bonchev–Trinajstić information content (AvgIpc) is 2.43. The van der Waals surface area contributed by atoms with Crippen molar-refractivity contribution in [2.24, 2.45) is 0 Å². The van der Waals surface area contributed by atoms with Crippen LogP contribution < -0.4 is 5.73 Å². The van der Waals surface area contributed by atoms with Gasteiger partial charge in [0.1, 0.15) is 0 Å². The van der Waals surface area contributed by atoms with Crippen molar-refractivity contribution in [1.82, 2.24) is 0 Å². The number of anilines is 1. The molecular weight excluding hydrogens is 281 g/mol. The van der Waals surface area contributed by atoms with Crippen molar-refractivity contribution < 1.29 is 4.79 Å². The van der Waals surface area contributed by atoms with Gasteiger partial charge in [-0.3, -0.25) is 4.79 Å². The van der Waals surface area contributed by atoms with E-state index in [1.807, 2.05) is 25.1 Å². The van der Waals surface area contributed by atoms with Gasteiger partial charge in [-0.2, -0.15) is 0 Å². The maximum atomic E-state index is 12.4. The zero-order chi connectivity index (χ0) is 14.0. The van der Waals surface area contributed by atoms with Crippen LogP contribution in [0, 0.1) is 0 Å². The summed E-state index contributed by atoms with van der Waals surface area (Å²) in [5.41, 5.74) is 8.13. The standard InChI is InChI=1S/C15H13Cl2NO/c1-2-9-4-3-5-10(6-9)15(19)11-7-12(16)14(18)13(17)8-11/h3-8H,2,18H2,1H3. The third-order valence-corrected chi connectivity index (χ3v) is 3.56. The fourth-order valence-electron chi connectivity index (χ4n) is 1.81. The number of hydrogen-bond donors (Lipinski definition) is 1. The van der Waals surface area contributed by atoms with E-state index in [1.54, 1.807) is 18.2 Å². The molecule has 2 rings (SSSR count). The average molecular weight is 294 g/mol. The Hall–Kier alpha value is -1.51. The molecule has 0 aromatic heterocycles. The van der Waals surface area contributed by atoms with Gasteiger partial charge in [-0.05, 0) is 30.2 Å². The second kappa shape index (κ2) is 5.64. The van der Waals surface area contributed by atoms with E-state index >= 15 is 0 Å². The lowest BCUT2D eigenvalue weighted by Gasteiger charge is -2.07. The van der Waals surface area contributed by atoms with Crippen LogP contribution in [0.5, 0.6) is 0 Å². The van der Waals surface area contributed by atoms with Crippen molar-refractivity contribution in [3.8, 4) is 0 Å². The highest BCUT2D eigenvalue weighted by atomic mass is 35.5. The van der Waals surface area contributed by atoms with Crippen molar-refractivity contribution in [3.63, 3.8) is 0 Å². The number of carbonyl (C=O) groups is 1. The lowest BCUT2D eigenvalue weighted by Crippen LogP contribution is -2.03. The number of benzene rings is 2. The van der Waals surface area contributed by atoms with Crippen molar-refractivity contribution >= 4 is 34.7 Å². The number of nitrogens with two attached hydrogens (primary N) is 1. The van der Waals surface area contributed by atoms with E-state index in [-0.39, 0.29) is 5.78 Å². The molecule has 0 bridgehead atoms. The van der Waals surface area contributed by atoms with Gasteiger partial charge in [0, 0.05) is 11.1 Å². The first-order valence-electron chi connectivity index (χ1n) is 5.91. The summed E-state index contributed by atoms with van der Waals surface area (Å²) in [5, 5.41) is 0.588. The van der Waals surface area contributed by atoms with E-state index in [0.717, 1.165) is 12.0 Å². The van der Waals surface area contributed by atoms with Gasteiger partial charge in [0.25, 0.3) is 0 Å². The van der Waals surface area contributed by atoms with Crippen molar-refractivity contribution in [2.75, 3.05) is 5.73 Å². The van der Waals surface area contributed by atoms with Gasteiger partial charge in [-0.15, -0.1) is 0 Å². The first kappa shape index (κ1) is 13.9. The molecule has 0 unspecified atom stereocenters. The molecule has 0 heterocycles. The Bertz CT molecular complexity index is 615. The number of ketones is 1. The number of aryl methyl sites for hydroxylation is 1. The minimum absolute atomic E-state index is 0.112. The Balaban J connectivity index is 2.44. The maximum absolute atomic E-state index is 12.4. The van der Waals surface area contributed by atoms with Crippen LogP contribution in [0.1, 0.15) is 28.4 Å². The lowest BCUT2D eigenvalue weighted by molar-refractivity contribution is 0.103. The Kier molecular flexibility index (Phi) is 4.13. The van der Waals surface area contributed by atoms with E-state index in [0.29, 0.717) is 26.9 Å². The predicted octanol–water partition coefficient (Wildman–Crippen LogP) is 4.37. The number of hydrogen-bond acceptors (Lipinski definition) is 2. The summed E-state index contributed by atoms with van der Waals surface area (Å²) >= 11 is 11.9. The van der Waals surface area contributed by atoms with Crippen LogP contribution in [0.2, 0.25) is 10.0 Å². The van der Waals surface area contributed by atoms with Crippen LogP contribution >= 0.6 is 23.2 Å². The number of halogens is 2. The molecule has 4 heteroatoms. The molecule has 0 fully saturated rings. The van der Waals surface area contributed by atoms with Crippen LogP contribution in [-0.2, 0) is 6.42 Å². The van der Waals surface area contributed by atoms with Crippen molar-refractivity contribution in [1.29, 1.82) is 0 Å². The molecule has 0 radical (unpaired) electrons. The molecule has 0 aliphatic carbocycles. The monoisotopic (exact) mass is 293 g/mol. The van der Waals surface area contributed by atoms with Crippen molar-refractivity contribution in [3.05, 3.63) is 63.1 Å². The molecule has 19 heavy (non-hydrogen) atoms. The summed E-state index contributed by atoms with van der Waals surface area (Å²) < 4.78 is 0. The number of nitrogen functional groups attached to an aromatic ring is 1. The third kappa shape index (κ3) is 2.91. The van der Waals surface area contributed by atoms with Crippen LogP contribution in [0.3, 0.4) is 0 Å². The summed E-state index contributed by atoms with van der Waals surface area (Å²) in [7, 11) is 0. The number of carbonyl (C=O) groups excluding carboxylic acids is 1. The summed E-state index contributed by atoms with van der Waals surface area (Å²) in [4.78, 5) is 12.4. The molecule has 2 nitrogen and oxygen atoms in total. The Labute approximate surface area is 122 Å². The molecule has 98 valence electrons.